The molecule has 2 N–H and O–H groups in total. The van der Waals surface area contributed by atoms with Crippen molar-refractivity contribution in [3.63, 3.8) is 0 Å². The number of aromatic nitrogens is 1. The first-order chi connectivity index (χ1) is 9.22. The minimum absolute atomic E-state index is 0.342. The molecule has 2 aromatic carbocycles. The van der Waals surface area contributed by atoms with Gasteiger partial charge in [-0.2, -0.15) is 0 Å². The van der Waals surface area contributed by atoms with Crippen LogP contribution in [0.1, 0.15) is 0 Å². The smallest absolute Gasteiger partial charge is 0.226 e. The average molecular weight is 254 g/mol. The van der Waals surface area contributed by atoms with Crippen molar-refractivity contribution in [3.8, 4) is 22.8 Å². The first kappa shape index (κ1) is 11.5. The zero-order valence-electron chi connectivity index (χ0n) is 10.0. The van der Waals surface area contributed by atoms with Gasteiger partial charge in [0.2, 0.25) is 5.89 Å². The van der Waals surface area contributed by atoms with Crippen molar-refractivity contribution in [2.75, 3.05) is 5.73 Å². The van der Waals surface area contributed by atoms with E-state index in [1.165, 1.54) is 12.1 Å². The molecule has 1 heterocycles. The van der Waals surface area contributed by atoms with Gasteiger partial charge in [-0.25, -0.2) is 9.37 Å². The number of nitrogens with zero attached hydrogens (tertiary/aromatic N) is 1. The molecule has 19 heavy (non-hydrogen) atoms. The van der Waals surface area contributed by atoms with Crippen LogP contribution in [0.5, 0.6) is 0 Å². The Labute approximate surface area is 109 Å². The van der Waals surface area contributed by atoms with E-state index in [1.54, 1.807) is 12.3 Å². The normalized spacial score (nSPS) is 10.6. The van der Waals surface area contributed by atoms with Gasteiger partial charge in [-0.1, -0.05) is 30.3 Å². The third kappa shape index (κ3) is 2.33. The van der Waals surface area contributed by atoms with Crippen LogP contribution in [0.15, 0.2) is 59.1 Å². The van der Waals surface area contributed by atoms with Crippen LogP contribution >= 0.6 is 0 Å². The van der Waals surface area contributed by atoms with E-state index < -0.39 is 5.82 Å². The Morgan fingerprint density at radius 3 is 2.53 bits per heavy atom. The summed E-state index contributed by atoms with van der Waals surface area (Å²) in [4.78, 5) is 4.16. The van der Waals surface area contributed by atoms with E-state index in [0.717, 1.165) is 5.56 Å². The standard InChI is InChI=1S/C15H11FN2O/c16-12-6-11(7-13(17)8-12)15-18-9-14(19-15)10-4-2-1-3-5-10/h1-9H,17H2. The minimum Gasteiger partial charge on any atom is -0.436 e. The summed E-state index contributed by atoms with van der Waals surface area (Å²) in [6.45, 7) is 0. The number of nitrogen functional groups attached to an aromatic ring is 1. The van der Waals surface area contributed by atoms with Gasteiger partial charge in [0.25, 0.3) is 0 Å². The third-order valence-corrected chi connectivity index (χ3v) is 2.73. The lowest BCUT2D eigenvalue weighted by atomic mass is 10.2. The second-order valence-electron chi connectivity index (χ2n) is 4.17. The van der Waals surface area contributed by atoms with Crippen LogP contribution in [-0.4, -0.2) is 4.98 Å². The molecule has 3 nitrogen and oxygen atoms in total. The lowest BCUT2D eigenvalue weighted by Gasteiger charge is -1.99. The number of halogens is 1. The van der Waals surface area contributed by atoms with Gasteiger partial charge in [0, 0.05) is 16.8 Å². The zero-order valence-corrected chi connectivity index (χ0v) is 10.0. The van der Waals surface area contributed by atoms with Crippen molar-refractivity contribution in [1.82, 2.24) is 4.98 Å². The minimum atomic E-state index is -0.408. The number of oxazole rings is 1. The van der Waals surface area contributed by atoms with Crippen molar-refractivity contribution in [3.05, 3.63) is 60.5 Å². The third-order valence-electron chi connectivity index (χ3n) is 2.73. The molecule has 0 saturated carbocycles. The Hall–Kier alpha value is -2.62. The van der Waals surface area contributed by atoms with Crippen LogP contribution in [0.3, 0.4) is 0 Å². The maximum atomic E-state index is 13.3. The molecular formula is C15H11FN2O. The van der Waals surface area contributed by atoms with Gasteiger partial charge in [0.15, 0.2) is 5.76 Å². The zero-order chi connectivity index (χ0) is 13.2. The second kappa shape index (κ2) is 4.57. The summed E-state index contributed by atoms with van der Waals surface area (Å²) in [7, 11) is 0. The van der Waals surface area contributed by atoms with Gasteiger partial charge >= 0.3 is 0 Å². The molecule has 0 saturated heterocycles. The highest BCUT2D eigenvalue weighted by atomic mass is 19.1. The molecule has 3 aromatic rings. The Morgan fingerprint density at radius 1 is 1.00 bits per heavy atom. The molecule has 94 valence electrons. The van der Waals surface area contributed by atoms with E-state index >= 15 is 0 Å². The summed E-state index contributed by atoms with van der Waals surface area (Å²) in [5, 5.41) is 0. The monoisotopic (exact) mass is 254 g/mol. The first-order valence-corrected chi connectivity index (χ1v) is 5.80. The predicted octanol–water partition coefficient (Wildman–Crippen LogP) is 3.73. The van der Waals surface area contributed by atoms with Gasteiger partial charge in [0.1, 0.15) is 5.82 Å². The highest BCUT2D eigenvalue weighted by molar-refractivity contribution is 5.63. The number of rotatable bonds is 2. The lowest BCUT2D eigenvalue weighted by Crippen LogP contribution is -1.88. The Morgan fingerprint density at radius 2 is 1.79 bits per heavy atom. The number of nitrogens with two attached hydrogens (primary N) is 1. The van der Waals surface area contributed by atoms with E-state index in [2.05, 4.69) is 4.98 Å². The van der Waals surface area contributed by atoms with Gasteiger partial charge < -0.3 is 10.2 Å². The fourth-order valence-electron chi connectivity index (χ4n) is 1.88. The molecule has 4 heteroatoms. The first-order valence-electron chi connectivity index (χ1n) is 5.80. The molecule has 0 aliphatic rings. The molecule has 0 aliphatic heterocycles. The van der Waals surface area contributed by atoms with Crippen LogP contribution in [0, 0.1) is 5.82 Å². The topological polar surface area (TPSA) is 52.0 Å². The summed E-state index contributed by atoms with van der Waals surface area (Å²) >= 11 is 0. The summed E-state index contributed by atoms with van der Waals surface area (Å²) in [5.74, 6) is 0.581. The number of hydrogen-bond donors (Lipinski definition) is 1. The lowest BCUT2D eigenvalue weighted by molar-refractivity contribution is 0.586. The van der Waals surface area contributed by atoms with Crippen LogP contribution in [0.2, 0.25) is 0 Å². The maximum Gasteiger partial charge on any atom is 0.226 e. The summed E-state index contributed by atoms with van der Waals surface area (Å²) < 4.78 is 18.9. The molecule has 0 aliphatic carbocycles. The predicted molar refractivity (Wildman–Crippen MR) is 71.7 cm³/mol. The summed E-state index contributed by atoms with van der Waals surface area (Å²) in [6, 6.07) is 13.8. The molecular weight excluding hydrogens is 243 g/mol. The van der Waals surface area contributed by atoms with Gasteiger partial charge in [-0.05, 0) is 18.2 Å². The highest BCUT2D eigenvalue weighted by Gasteiger charge is 2.09. The van der Waals surface area contributed by atoms with Crippen LogP contribution < -0.4 is 5.73 Å². The molecule has 0 spiro atoms. The molecule has 3 rings (SSSR count). The molecule has 1 aromatic heterocycles. The van der Waals surface area contributed by atoms with Crippen molar-refractivity contribution < 1.29 is 8.81 Å². The van der Waals surface area contributed by atoms with Crippen molar-refractivity contribution in [1.29, 1.82) is 0 Å². The quantitative estimate of drug-likeness (QED) is 0.709. The maximum absolute atomic E-state index is 13.3. The van der Waals surface area contributed by atoms with Crippen molar-refractivity contribution in [2.45, 2.75) is 0 Å². The number of benzene rings is 2. The van der Waals surface area contributed by atoms with E-state index in [-0.39, 0.29) is 0 Å². The van der Waals surface area contributed by atoms with Crippen LogP contribution in [0.4, 0.5) is 10.1 Å². The summed E-state index contributed by atoms with van der Waals surface area (Å²) in [6.07, 6.45) is 1.62. The molecule has 0 amide bonds. The largest absolute Gasteiger partial charge is 0.436 e. The molecule has 0 radical (unpaired) electrons. The van der Waals surface area contributed by atoms with Crippen LogP contribution in [-0.2, 0) is 0 Å². The SMILES string of the molecule is Nc1cc(F)cc(-c2ncc(-c3ccccc3)o2)c1. The number of hydrogen-bond acceptors (Lipinski definition) is 3. The molecule has 0 bridgehead atoms. The van der Waals surface area contributed by atoms with E-state index in [4.69, 9.17) is 10.2 Å². The Bertz CT molecular complexity index is 687. The Balaban J connectivity index is 2.02. The Kier molecular flexibility index (Phi) is 2.76. The summed E-state index contributed by atoms with van der Waals surface area (Å²) in [5.41, 5.74) is 7.40. The van der Waals surface area contributed by atoms with Gasteiger partial charge in [-0.3, -0.25) is 0 Å². The molecule has 0 fully saturated rings. The molecule has 0 atom stereocenters. The van der Waals surface area contributed by atoms with Crippen molar-refractivity contribution >= 4 is 5.69 Å². The average Bonchev–Trinajstić information content (AvgIpc) is 2.88. The highest BCUT2D eigenvalue weighted by Crippen LogP contribution is 2.27. The van der Waals surface area contributed by atoms with Gasteiger partial charge in [0.05, 0.1) is 6.20 Å². The van der Waals surface area contributed by atoms with Gasteiger partial charge in [-0.15, -0.1) is 0 Å². The number of anilines is 1. The fourth-order valence-corrected chi connectivity index (χ4v) is 1.88. The van der Waals surface area contributed by atoms with Crippen LogP contribution in [0.25, 0.3) is 22.8 Å². The molecule has 0 unspecified atom stereocenters. The van der Waals surface area contributed by atoms with E-state index in [1.807, 2.05) is 30.3 Å². The fraction of sp³-hybridized carbons (Fsp3) is 0. The van der Waals surface area contributed by atoms with Crippen molar-refractivity contribution in [2.24, 2.45) is 0 Å². The van der Waals surface area contributed by atoms with E-state index in [0.29, 0.717) is 22.9 Å². The second-order valence-corrected chi connectivity index (χ2v) is 4.17. The van der Waals surface area contributed by atoms with E-state index in [9.17, 15) is 4.39 Å².